The Kier molecular flexibility index (Phi) is 4.91. The van der Waals surface area contributed by atoms with Gasteiger partial charge in [-0.25, -0.2) is 13.1 Å². The van der Waals surface area contributed by atoms with Crippen LogP contribution in [0, 0.1) is 5.41 Å². The van der Waals surface area contributed by atoms with Crippen molar-refractivity contribution in [1.82, 2.24) is 4.72 Å². The predicted molar refractivity (Wildman–Crippen MR) is 80.7 cm³/mol. The molecule has 0 bridgehead atoms. The summed E-state index contributed by atoms with van der Waals surface area (Å²) in [7, 11) is -2.21. The van der Waals surface area contributed by atoms with Crippen LogP contribution in [0.2, 0.25) is 0 Å². The van der Waals surface area contributed by atoms with E-state index < -0.39 is 10.0 Å². The fourth-order valence-electron chi connectivity index (χ4n) is 2.78. The normalized spacial score (nSPS) is 17.9. The molecular formula is C15H23NO4S. The maximum absolute atomic E-state index is 12.5. The molecule has 0 aliphatic heterocycles. The van der Waals surface area contributed by atoms with E-state index in [9.17, 15) is 13.5 Å². The Balaban J connectivity index is 2.22. The minimum atomic E-state index is -3.65. The molecule has 1 aromatic carbocycles. The molecule has 1 fully saturated rings. The van der Waals surface area contributed by atoms with Gasteiger partial charge >= 0.3 is 0 Å². The molecule has 2 rings (SSSR count). The molecule has 0 spiro atoms. The summed E-state index contributed by atoms with van der Waals surface area (Å²) in [5, 5.41) is 9.18. The van der Waals surface area contributed by atoms with Gasteiger partial charge < -0.3 is 9.84 Å². The number of nitrogens with one attached hydrogen (secondary N) is 1. The van der Waals surface area contributed by atoms with E-state index in [2.05, 4.69) is 11.6 Å². The largest absolute Gasteiger partial charge is 0.495 e. The van der Waals surface area contributed by atoms with Crippen molar-refractivity contribution >= 4 is 10.0 Å². The lowest BCUT2D eigenvalue weighted by atomic mass is 9.89. The first-order valence-electron chi connectivity index (χ1n) is 7.18. The second-order valence-electron chi connectivity index (χ2n) is 5.99. The standard InChI is InChI=1S/C15H23NO4S/c1-15(7-3-4-8-15)11-16-21(18,19)14-9-12(10-17)5-6-13(14)20-2/h5-6,9,16-17H,3-4,7-8,10-11H2,1-2H3. The maximum Gasteiger partial charge on any atom is 0.244 e. The van der Waals surface area contributed by atoms with E-state index in [-0.39, 0.29) is 22.7 Å². The molecule has 1 aliphatic rings. The molecule has 1 aliphatic carbocycles. The van der Waals surface area contributed by atoms with Crippen LogP contribution in [0.1, 0.15) is 38.2 Å². The Morgan fingerprint density at radius 1 is 1.33 bits per heavy atom. The van der Waals surface area contributed by atoms with Crippen LogP contribution >= 0.6 is 0 Å². The van der Waals surface area contributed by atoms with Crippen molar-refractivity contribution in [2.75, 3.05) is 13.7 Å². The summed E-state index contributed by atoms with van der Waals surface area (Å²) < 4.78 is 32.8. The van der Waals surface area contributed by atoms with Gasteiger partial charge in [0.1, 0.15) is 10.6 Å². The predicted octanol–water partition coefficient (Wildman–Crippen LogP) is 2.05. The van der Waals surface area contributed by atoms with Gasteiger partial charge in [-0.3, -0.25) is 0 Å². The molecule has 0 atom stereocenters. The quantitative estimate of drug-likeness (QED) is 0.843. The van der Waals surface area contributed by atoms with E-state index >= 15 is 0 Å². The molecule has 2 N–H and O–H groups in total. The number of methoxy groups -OCH3 is 1. The molecule has 0 saturated heterocycles. The fourth-order valence-corrected chi connectivity index (χ4v) is 4.20. The Hall–Kier alpha value is -1.11. The first kappa shape index (κ1) is 16.3. The third kappa shape index (κ3) is 3.75. The lowest BCUT2D eigenvalue weighted by molar-refractivity contribution is 0.281. The Morgan fingerprint density at radius 3 is 2.57 bits per heavy atom. The highest BCUT2D eigenvalue weighted by Crippen LogP contribution is 2.37. The summed E-state index contributed by atoms with van der Waals surface area (Å²) in [5.41, 5.74) is 0.581. The summed E-state index contributed by atoms with van der Waals surface area (Å²) >= 11 is 0. The van der Waals surface area contributed by atoms with Crippen LogP contribution in [0.15, 0.2) is 23.1 Å². The zero-order chi connectivity index (χ0) is 15.5. The van der Waals surface area contributed by atoms with Crippen molar-refractivity contribution in [3.05, 3.63) is 23.8 Å². The number of hydrogen-bond donors (Lipinski definition) is 2. The minimum Gasteiger partial charge on any atom is -0.495 e. The first-order chi connectivity index (χ1) is 9.90. The molecule has 6 heteroatoms. The average molecular weight is 313 g/mol. The minimum absolute atomic E-state index is 0.0366. The van der Waals surface area contributed by atoms with Crippen molar-refractivity contribution in [3.63, 3.8) is 0 Å². The van der Waals surface area contributed by atoms with E-state index in [0.717, 1.165) is 25.7 Å². The molecule has 1 aromatic rings. The van der Waals surface area contributed by atoms with Gasteiger partial charge in [-0.1, -0.05) is 25.8 Å². The number of aliphatic hydroxyl groups is 1. The highest BCUT2D eigenvalue weighted by Gasteiger charge is 2.31. The van der Waals surface area contributed by atoms with Gasteiger partial charge in [0.25, 0.3) is 0 Å². The van der Waals surface area contributed by atoms with Crippen molar-refractivity contribution in [2.24, 2.45) is 5.41 Å². The molecule has 118 valence electrons. The lowest BCUT2D eigenvalue weighted by Gasteiger charge is -2.24. The van der Waals surface area contributed by atoms with Crippen molar-refractivity contribution in [2.45, 2.75) is 44.1 Å². The molecule has 0 unspecified atom stereocenters. The molecule has 5 nitrogen and oxygen atoms in total. The van der Waals surface area contributed by atoms with Gasteiger partial charge in [0.15, 0.2) is 0 Å². The number of rotatable bonds is 6. The number of benzene rings is 1. The molecule has 0 amide bonds. The van der Waals surface area contributed by atoms with Crippen LogP contribution in [-0.4, -0.2) is 27.2 Å². The van der Waals surface area contributed by atoms with Crippen molar-refractivity contribution < 1.29 is 18.3 Å². The monoisotopic (exact) mass is 313 g/mol. The van der Waals surface area contributed by atoms with E-state index in [1.165, 1.54) is 13.2 Å². The van der Waals surface area contributed by atoms with Crippen LogP contribution in [0.4, 0.5) is 0 Å². The van der Waals surface area contributed by atoms with Crippen LogP contribution in [-0.2, 0) is 16.6 Å². The van der Waals surface area contributed by atoms with Gasteiger partial charge in [0, 0.05) is 6.54 Å². The topological polar surface area (TPSA) is 75.6 Å². The second kappa shape index (κ2) is 6.34. The SMILES string of the molecule is COc1ccc(CO)cc1S(=O)(=O)NCC1(C)CCCC1. The van der Waals surface area contributed by atoms with Crippen LogP contribution < -0.4 is 9.46 Å². The van der Waals surface area contributed by atoms with Crippen LogP contribution in [0.5, 0.6) is 5.75 Å². The van der Waals surface area contributed by atoms with E-state index in [4.69, 9.17) is 4.74 Å². The number of sulfonamides is 1. The third-order valence-electron chi connectivity index (χ3n) is 4.20. The summed E-state index contributed by atoms with van der Waals surface area (Å²) in [6, 6.07) is 4.67. The molecule has 1 saturated carbocycles. The summed E-state index contributed by atoms with van der Waals surface area (Å²) in [6.07, 6.45) is 4.40. The van der Waals surface area contributed by atoms with Gasteiger partial charge in [-0.2, -0.15) is 0 Å². The Bertz CT molecular complexity index is 592. The van der Waals surface area contributed by atoms with Gasteiger partial charge in [0.2, 0.25) is 10.0 Å². The molecular weight excluding hydrogens is 290 g/mol. The molecule has 0 heterocycles. The van der Waals surface area contributed by atoms with Gasteiger partial charge in [-0.05, 0) is 36.0 Å². The zero-order valence-electron chi connectivity index (χ0n) is 12.6. The van der Waals surface area contributed by atoms with Gasteiger partial charge in [0.05, 0.1) is 13.7 Å². The molecule has 0 aromatic heterocycles. The van der Waals surface area contributed by atoms with E-state index in [1.54, 1.807) is 12.1 Å². The number of ether oxygens (including phenoxy) is 1. The van der Waals surface area contributed by atoms with Crippen molar-refractivity contribution in [3.8, 4) is 5.75 Å². The third-order valence-corrected chi connectivity index (χ3v) is 5.62. The molecule has 21 heavy (non-hydrogen) atoms. The van der Waals surface area contributed by atoms with Gasteiger partial charge in [-0.15, -0.1) is 0 Å². The summed E-state index contributed by atoms with van der Waals surface area (Å²) in [6.45, 7) is 2.34. The highest BCUT2D eigenvalue weighted by atomic mass is 32.2. The summed E-state index contributed by atoms with van der Waals surface area (Å²) in [4.78, 5) is 0.0816. The van der Waals surface area contributed by atoms with Crippen LogP contribution in [0.3, 0.4) is 0 Å². The first-order valence-corrected chi connectivity index (χ1v) is 8.66. The summed E-state index contributed by atoms with van der Waals surface area (Å²) in [5.74, 6) is 0.288. The van der Waals surface area contributed by atoms with E-state index in [0.29, 0.717) is 12.1 Å². The highest BCUT2D eigenvalue weighted by molar-refractivity contribution is 7.89. The number of aliphatic hydroxyl groups excluding tert-OH is 1. The van der Waals surface area contributed by atoms with E-state index in [1.807, 2.05) is 0 Å². The Morgan fingerprint density at radius 2 is 2.00 bits per heavy atom. The number of hydrogen-bond acceptors (Lipinski definition) is 4. The average Bonchev–Trinajstić information content (AvgIpc) is 2.92. The molecule has 0 radical (unpaired) electrons. The smallest absolute Gasteiger partial charge is 0.244 e. The maximum atomic E-state index is 12.5. The zero-order valence-corrected chi connectivity index (χ0v) is 13.4. The lowest BCUT2D eigenvalue weighted by Crippen LogP contribution is -2.34. The fraction of sp³-hybridized carbons (Fsp3) is 0.600. The second-order valence-corrected chi connectivity index (χ2v) is 7.72. The van der Waals surface area contributed by atoms with Crippen LogP contribution in [0.25, 0.3) is 0 Å². The van der Waals surface area contributed by atoms with Crippen molar-refractivity contribution in [1.29, 1.82) is 0 Å². The Labute approximate surface area is 126 Å².